The highest BCUT2D eigenvalue weighted by Gasteiger charge is 2.30. The summed E-state index contributed by atoms with van der Waals surface area (Å²) in [5.41, 5.74) is 2.99. The Kier molecular flexibility index (Phi) is 8.20. The lowest BCUT2D eigenvalue weighted by Gasteiger charge is -2.31. The zero-order valence-corrected chi connectivity index (χ0v) is 20.5. The van der Waals surface area contributed by atoms with Gasteiger partial charge < -0.3 is 15.5 Å². The van der Waals surface area contributed by atoms with E-state index in [1.165, 1.54) is 5.56 Å². The van der Waals surface area contributed by atoms with Crippen molar-refractivity contribution in [1.82, 2.24) is 20.4 Å². The first-order chi connectivity index (χ1) is 17.0. The molecule has 0 saturated carbocycles. The predicted molar refractivity (Wildman–Crippen MR) is 135 cm³/mol. The molecule has 1 saturated heterocycles. The zero-order chi connectivity index (χ0) is 24.6. The van der Waals surface area contributed by atoms with Gasteiger partial charge in [-0.25, -0.2) is 0 Å². The molecule has 2 aromatic carbocycles. The molecule has 1 aliphatic rings. The number of nitrogens with one attached hydrogen (secondary N) is 2. The fourth-order valence-corrected chi connectivity index (χ4v) is 4.73. The van der Waals surface area contributed by atoms with Gasteiger partial charge in [0.25, 0.3) is 11.8 Å². The fraction of sp³-hybridized carbons (Fsp3) is 0.346. The quantitative estimate of drug-likeness (QED) is 0.468. The van der Waals surface area contributed by atoms with Gasteiger partial charge in [-0.15, -0.1) is 10.2 Å². The minimum Gasteiger partial charge on any atom is -0.356 e. The highest BCUT2D eigenvalue weighted by molar-refractivity contribution is 7.15. The molecule has 0 spiro atoms. The Morgan fingerprint density at radius 2 is 1.77 bits per heavy atom. The number of aromatic nitrogens is 2. The van der Waals surface area contributed by atoms with Crippen molar-refractivity contribution >= 4 is 34.7 Å². The van der Waals surface area contributed by atoms with Crippen LogP contribution in [0.1, 0.15) is 50.0 Å². The number of hydrogen-bond donors (Lipinski definition) is 2. The number of likely N-dealkylation sites (tertiary alicyclic amines) is 1. The van der Waals surface area contributed by atoms with Crippen LogP contribution in [0.4, 0.5) is 5.69 Å². The van der Waals surface area contributed by atoms with E-state index >= 15 is 0 Å². The lowest BCUT2D eigenvalue weighted by molar-refractivity contribution is -0.126. The first-order valence-electron chi connectivity index (χ1n) is 11.8. The molecule has 1 aromatic heterocycles. The first kappa shape index (κ1) is 24.5. The Labute approximate surface area is 208 Å². The Morgan fingerprint density at radius 3 is 2.54 bits per heavy atom. The highest BCUT2D eigenvalue weighted by atomic mass is 32.1. The van der Waals surface area contributed by atoms with Gasteiger partial charge in [0, 0.05) is 25.3 Å². The summed E-state index contributed by atoms with van der Waals surface area (Å²) in [5, 5.41) is 13.9. The van der Waals surface area contributed by atoms with Crippen LogP contribution in [0.2, 0.25) is 0 Å². The molecule has 1 aliphatic heterocycles. The van der Waals surface area contributed by atoms with Gasteiger partial charge in [-0.05, 0) is 50.3 Å². The second kappa shape index (κ2) is 11.7. The van der Waals surface area contributed by atoms with Crippen molar-refractivity contribution in [3.63, 3.8) is 0 Å². The molecule has 1 fully saturated rings. The van der Waals surface area contributed by atoms with Gasteiger partial charge in [0.1, 0.15) is 0 Å². The number of nitrogens with zero attached hydrogens (tertiary/aromatic N) is 3. The van der Waals surface area contributed by atoms with Crippen molar-refractivity contribution < 1.29 is 14.4 Å². The predicted octanol–water partition coefficient (Wildman–Crippen LogP) is 3.70. The number of hydrogen-bond acceptors (Lipinski definition) is 6. The molecule has 0 bridgehead atoms. The molecule has 4 rings (SSSR count). The number of aryl methyl sites for hydroxylation is 2. The molecule has 3 amide bonds. The molecule has 0 aliphatic carbocycles. The van der Waals surface area contributed by atoms with Crippen LogP contribution in [-0.4, -0.2) is 52.5 Å². The zero-order valence-electron chi connectivity index (χ0n) is 19.7. The van der Waals surface area contributed by atoms with Crippen LogP contribution in [-0.2, 0) is 11.2 Å². The Hall–Kier alpha value is -3.59. The third-order valence-corrected chi connectivity index (χ3v) is 6.89. The first-order valence-corrected chi connectivity index (χ1v) is 12.6. The van der Waals surface area contributed by atoms with Crippen molar-refractivity contribution in [3.05, 3.63) is 75.7 Å². The topological polar surface area (TPSA) is 104 Å². The third kappa shape index (κ3) is 6.73. The van der Waals surface area contributed by atoms with Crippen LogP contribution < -0.4 is 10.6 Å². The van der Waals surface area contributed by atoms with Crippen LogP contribution in [0.3, 0.4) is 0 Å². The molecular formula is C26H29N5O3S. The minimum absolute atomic E-state index is 0.0222. The van der Waals surface area contributed by atoms with Crippen LogP contribution in [0.5, 0.6) is 0 Å². The molecule has 182 valence electrons. The normalized spacial score (nSPS) is 15.5. The van der Waals surface area contributed by atoms with Crippen molar-refractivity contribution in [1.29, 1.82) is 0 Å². The SMILES string of the molecule is Cc1ccc(NC(=O)c2nnc(C(=O)N3CCC[C@H](C(=O)NCCCc4ccccc4)C3)s2)cc1. The van der Waals surface area contributed by atoms with E-state index in [4.69, 9.17) is 0 Å². The van der Waals surface area contributed by atoms with Crippen LogP contribution in [0.15, 0.2) is 54.6 Å². The standard InChI is InChI=1S/C26H29N5O3S/c1-18-11-13-21(14-12-18)28-23(33)24-29-30-25(35-24)26(34)31-16-6-10-20(17-31)22(32)27-15-5-9-19-7-3-2-4-8-19/h2-4,7-8,11-14,20H,5-6,9-10,15-17H2,1H3,(H,27,32)(H,28,33)/t20-/m0/s1. The lowest BCUT2D eigenvalue weighted by atomic mass is 9.97. The van der Waals surface area contributed by atoms with Crippen molar-refractivity contribution in [2.75, 3.05) is 25.0 Å². The summed E-state index contributed by atoms with van der Waals surface area (Å²) in [6.45, 7) is 3.47. The number of rotatable bonds is 8. The molecule has 0 unspecified atom stereocenters. The number of carbonyl (C=O) groups excluding carboxylic acids is 3. The smallest absolute Gasteiger partial charge is 0.286 e. The van der Waals surface area contributed by atoms with E-state index in [-0.39, 0.29) is 27.7 Å². The number of anilines is 1. The molecule has 35 heavy (non-hydrogen) atoms. The number of piperidine rings is 1. The molecule has 2 heterocycles. The van der Waals surface area contributed by atoms with Gasteiger partial charge in [0.2, 0.25) is 15.9 Å². The van der Waals surface area contributed by atoms with Crippen molar-refractivity contribution in [2.45, 2.75) is 32.6 Å². The maximum atomic E-state index is 13.0. The van der Waals surface area contributed by atoms with Gasteiger partial charge in [-0.2, -0.15) is 0 Å². The largest absolute Gasteiger partial charge is 0.356 e. The fourth-order valence-electron chi connectivity index (χ4n) is 4.03. The third-order valence-electron chi connectivity index (χ3n) is 5.98. The average molecular weight is 492 g/mol. The highest BCUT2D eigenvalue weighted by Crippen LogP contribution is 2.21. The van der Waals surface area contributed by atoms with E-state index < -0.39 is 5.91 Å². The van der Waals surface area contributed by atoms with E-state index in [2.05, 4.69) is 33.0 Å². The second-order valence-corrected chi connectivity index (χ2v) is 9.68. The average Bonchev–Trinajstić information content (AvgIpc) is 3.39. The van der Waals surface area contributed by atoms with Crippen LogP contribution >= 0.6 is 11.3 Å². The molecule has 2 N–H and O–H groups in total. The van der Waals surface area contributed by atoms with E-state index in [9.17, 15) is 14.4 Å². The molecule has 3 aromatic rings. The number of carbonyl (C=O) groups is 3. The van der Waals surface area contributed by atoms with Gasteiger partial charge in [-0.3, -0.25) is 14.4 Å². The Balaban J connectivity index is 1.27. The molecule has 1 atom stereocenters. The maximum Gasteiger partial charge on any atom is 0.286 e. The van der Waals surface area contributed by atoms with Crippen LogP contribution in [0.25, 0.3) is 0 Å². The summed E-state index contributed by atoms with van der Waals surface area (Å²) in [4.78, 5) is 39.8. The number of benzene rings is 2. The van der Waals surface area contributed by atoms with Crippen molar-refractivity contribution in [2.24, 2.45) is 5.92 Å². The second-order valence-electron chi connectivity index (χ2n) is 8.70. The van der Waals surface area contributed by atoms with E-state index in [1.54, 1.807) is 17.0 Å². The van der Waals surface area contributed by atoms with E-state index in [1.807, 2.05) is 37.3 Å². The molecular weight excluding hydrogens is 462 g/mol. The summed E-state index contributed by atoms with van der Waals surface area (Å²) < 4.78 is 0. The molecule has 8 nitrogen and oxygen atoms in total. The Bertz CT molecular complexity index is 1160. The van der Waals surface area contributed by atoms with E-state index in [0.717, 1.165) is 42.6 Å². The monoisotopic (exact) mass is 491 g/mol. The van der Waals surface area contributed by atoms with Gasteiger partial charge >= 0.3 is 0 Å². The number of amides is 3. The summed E-state index contributed by atoms with van der Waals surface area (Å²) in [6, 6.07) is 17.6. The van der Waals surface area contributed by atoms with Gasteiger partial charge in [0.05, 0.1) is 5.92 Å². The Morgan fingerprint density at radius 1 is 1.03 bits per heavy atom. The van der Waals surface area contributed by atoms with Crippen LogP contribution in [0, 0.1) is 12.8 Å². The van der Waals surface area contributed by atoms with E-state index in [0.29, 0.717) is 25.3 Å². The van der Waals surface area contributed by atoms with Gasteiger partial charge in [-0.1, -0.05) is 59.4 Å². The summed E-state index contributed by atoms with van der Waals surface area (Å²) in [6.07, 6.45) is 3.26. The lowest BCUT2D eigenvalue weighted by Crippen LogP contribution is -2.45. The summed E-state index contributed by atoms with van der Waals surface area (Å²) in [5.74, 6) is -0.970. The molecule has 0 radical (unpaired) electrons. The van der Waals surface area contributed by atoms with Gasteiger partial charge in [0.15, 0.2) is 0 Å². The van der Waals surface area contributed by atoms with Crippen molar-refractivity contribution in [3.8, 4) is 0 Å². The summed E-state index contributed by atoms with van der Waals surface area (Å²) in [7, 11) is 0. The molecule has 9 heteroatoms. The maximum absolute atomic E-state index is 13.0. The summed E-state index contributed by atoms with van der Waals surface area (Å²) >= 11 is 0.963. The minimum atomic E-state index is -0.406.